The molecule has 0 saturated heterocycles. The van der Waals surface area contributed by atoms with Crippen molar-refractivity contribution in [2.45, 2.75) is 13.3 Å². The molecule has 0 unspecified atom stereocenters. The number of aryl methyl sites for hydroxylation is 1. The fraction of sp³-hybridized carbons (Fsp3) is 0.267. The third-order valence-corrected chi connectivity index (χ3v) is 3.11. The van der Waals surface area contributed by atoms with Gasteiger partial charge in [-0.2, -0.15) is 0 Å². The van der Waals surface area contributed by atoms with Crippen molar-refractivity contribution < 1.29 is 4.79 Å². The highest BCUT2D eigenvalue weighted by Crippen LogP contribution is 2.23. The molecule has 6 heteroatoms. The minimum atomic E-state index is -0.585. The molecule has 0 saturated carbocycles. The summed E-state index contributed by atoms with van der Waals surface area (Å²) < 4.78 is 0. The molecule has 2 aromatic rings. The number of hydrogen-bond donors (Lipinski definition) is 2. The molecule has 0 radical (unpaired) electrons. The third kappa shape index (κ3) is 3.76. The minimum absolute atomic E-state index is 0.154. The Morgan fingerprint density at radius 1 is 1.14 bits per heavy atom. The van der Waals surface area contributed by atoms with Crippen molar-refractivity contribution in [3.8, 4) is 0 Å². The van der Waals surface area contributed by atoms with Crippen LogP contribution in [0.4, 0.5) is 11.5 Å². The average Bonchev–Trinajstić information content (AvgIpc) is 2.50. The summed E-state index contributed by atoms with van der Waals surface area (Å²) in [5.74, 6) is 0.0789. The van der Waals surface area contributed by atoms with Crippen molar-refractivity contribution in [3.63, 3.8) is 0 Å². The smallest absolute Gasteiger partial charge is 0.269 e. The number of carbonyl (C=O) groups is 1. The van der Waals surface area contributed by atoms with Gasteiger partial charge < -0.3 is 16.4 Å². The summed E-state index contributed by atoms with van der Waals surface area (Å²) in [6, 6.07) is 11.4. The quantitative estimate of drug-likeness (QED) is 0.835. The van der Waals surface area contributed by atoms with Gasteiger partial charge in [-0.05, 0) is 44.2 Å². The van der Waals surface area contributed by atoms with Crippen molar-refractivity contribution in [2.24, 2.45) is 11.5 Å². The van der Waals surface area contributed by atoms with E-state index in [0.717, 1.165) is 18.7 Å². The zero-order valence-electron chi connectivity index (χ0n) is 12.0. The highest BCUT2D eigenvalue weighted by atomic mass is 16.1. The fourth-order valence-electron chi connectivity index (χ4n) is 1.95. The largest absolute Gasteiger partial charge is 0.364 e. The number of rotatable bonds is 6. The number of nitrogens with two attached hydrogens (primary N) is 2. The van der Waals surface area contributed by atoms with E-state index in [4.69, 9.17) is 11.5 Å². The molecule has 0 aliphatic carbocycles. The molecule has 1 heterocycles. The minimum Gasteiger partial charge on any atom is -0.364 e. The Morgan fingerprint density at radius 3 is 2.38 bits per heavy atom. The lowest BCUT2D eigenvalue weighted by Gasteiger charge is -2.23. The van der Waals surface area contributed by atoms with E-state index in [1.165, 1.54) is 5.56 Å². The molecule has 0 aliphatic heterocycles. The van der Waals surface area contributed by atoms with Crippen LogP contribution in [0.25, 0.3) is 0 Å². The van der Waals surface area contributed by atoms with E-state index >= 15 is 0 Å². The maximum absolute atomic E-state index is 11.1. The summed E-state index contributed by atoms with van der Waals surface area (Å²) in [4.78, 5) is 13.1. The van der Waals surface area contributed by atoms with Gasteiger partial charge in [0.15, 0.2) is 11.5 Å². The molecule has 0 aliphatic rings. The third-order valence-electron chi connectivity index (χ3n) is 3.11. The number of hydrogen-bond acceptors (Lipinski definition) is 5. The SMILES string of the molecule is Cc1ccc(N(CCCN)c2ccc(C(N)=O)nn2)cc1. The Morgan fingerprint density at radius 2 is 1.86 bits per heavy atom. The lowest BCUT2D eigenvalue weighted by atomic mass is 10.2. The summed E-state index contributed by atoms with van der Waals surface area (Å²) in [6.45, 7) is 3.36. The van der Waals surface area contributed by atoms with E-state index in [2.05, 4.69) is 10.2 Å². The Labute approximate surface area is 123 Å². The molecule has 1 amide bonds. The highest BCUT2D eigenvalue weighted by Gasteiger charge is 2.12. The molecule has 21 heavy (non-hydrogen) atoms. The van der Waals surface area contributed by atoms with Gasteiger partial charge >= 0.3 is 0 Å². The molecule has 0 bridgehead atoms. The summed E-state index contributed by atoms with van der Waals surface area (Å²) in [5.41, 5.74) is 13.1. The predicted molar refractivity (Wildman–Crippen MR) is 82.4 cm³/mol. The molecule has 1 aromatic carbocycles. The average molecular weight is 285 g/mol. The number of benzene rings is 1. The van der Waals surface area contributed by atoms with Gasteiger partial charge in [-0.1, -0.05) is 17.7 Å². The second-order valence-electron chi connectivity index (χ2n) is 4.77. The first-order valence-corrected chi connectivity index (χ1v) is 6.79. The molecule has 0 atom stereocenters. The number of aromatic nitrogens is 2. The van der Waals surface area contributed by atoms with Gasteiger partial charge in [-0.15, -0.1) is 10.2 Å². The summed E-state index contributed by atoms with van der Waals surface area (Å²) in [7, 11) is 0. The van der Waals surface area contributed by atoms with Crippen molar-refractivity contribution >= 4 is 17.4 Å². The molecule has 110 valence electrons. The van der Waals surface area contributed by atoms with E-state index in [-0.39, 0.29) is 5.69 Å². The van der Waals surface area contributed by atoms with E-state index in [0.29, 0.717) is 12.4 Å². The van der Waals surface area contributed by atoms with Crippen LogP contribution in [0.2, 0.25) is 0 Å². The topological polar surface area (TPSA) is 98.1 Å². The van der Waals surface area contributed by atoms with Gasteiger partial charge in [0.1, 0.15) is 0 Å². The van der Waals surface area contributed by atoms with E-state index in [1.54, 1.807) is 12.1 Å². The van der Waals surface area contributed by atoms with Gasteiger partial charge in [0, 0.05) is 12.2 Å². The maximum Gasteiger partial charge on any atom is 0.269 e. The van der Waals surface area contributed by atoms with Crippen LogP contribution in [0.5, 0.6) is 0 Å². The first-order valence-electron chi connectivity index (χ1n) is 6.79. The van der Waals surface area contributed by atoms with Gasteiger partial charge in [-0.25, -0.2) is 0 Å². The lowest BCUT2D eigenvalue weighted by molar-refractivity contribution is 0.0994. The fourth-order valence-corrected chi connectivity index (χ4v) is 1.95. The first-order chi connectivity index (χ1) is 10.1. The molecular formula is C15H19N5O. The van der Waals surface area contributed by atoms with Crippen LogP contribution in [0.3, 0.4) is 0 Å². The Bertz CT molecular complexity index is 594. The highest BCUT2D eigenvalue weighted by molar-refractivity contribution is 5.90. The zero-order chi connectivity index (χ0) is 15.2. The number of carbonyl (C=O) groups excluding carboxylic acids is 1. The van der Waals surface area contributed by atoms with Crippen LogP contribution in [-0.4, -0.2) is 29.2 Å². The van der Waals surface area contributed by atoms with E-state index < -0.39 is 5.91 Å². The van der Waals surface area contributed by atoms with Gasteiger partial charge in [0.25, 0.3) is 5.91 Å². The standard InChI is InChI=1S/C15H19N5O/c1-11-3-5-12(6-4-11)20(10-2-9-16)14-8-7-13(15(17)21)18-19-14/h3-8H,2,9-10,16H2,1H3,(H2,17,21). The predicted octanol–water partition coefficient (Wildman–Crippen LogP) is 1.37. The van der Waals surface area contributed by atoms with Crippen LogP contribution in [0.1, 0.15) is 22.5 Å². The van der Waals surface area contributed by atoms with Gasteiger partial charge in [0.2, 0.25) is 0 Å². The molecule has 2 rings (SSSR count). The molecular weight excluding hydrogens is 266 g/mol. The second kappa shape index (κ2) is 6.81. The van der Waals surface area contributed by atoms with Crippen molar-refractivity contribution in [2.75, 3.05) is 18.0 Å². The van der Waals surface area contributed by atoms with Crippen molar-refractivity contribution in [3.05, 3.63) is 47.7 Å². The summed E-state index contributed by atoms with van der Waals surface area (Å²) in [6.07, 6.45) is 0.827. The lowest BCUT2D eigenvalue weighted by Crippen LogP contribution is -2.23. The monoisotopic (exact) mass is 285 g/mol. The summed E-state index contributed by atoms with van der Waals surface area (Å²) in [5, 5.41) is 7.94. The van der Waals surface area contributed by atoms with Gasteiger partial charge in [0.05, 0.1) is 0 Å². The number of anilines is 2. The van der Waals surface area contributed by atoms with Crippen LogP contribution < -0.4 is 16.4 Å². The molecule has 4 N–H and O–H groups in total. The summed E-state index contributed by atoms with van der Waals surface area (Å²) >= 11 is 0. The normalized spacial score (nSPS) is 10.4. The Hall–Kier alpha value is -2.47. The van der Waals surface area contributed by atoms with Crippen molar-refractivity contribution in [1.29, 1.82) is 0 Å². The molecule has 1 aromatic heterocycles. The number of amides is 1. The molecule has 0 spiro atoms. The zero-order valence-corrected chi connectivity index (χ0v) is 12.0. The Kier molecular flexibility index (Phi) is 4.84. The van der Waals surface area contributed by atoms with Gasteiger partial charge in [-0.3, -0.25) is 4.79 Å². The molecule has 6 nitrogen and oxygen atoms in total. The van der Waals surface area contributed by atoms with Crippen LogP contribution in [0, 0.1) is 6.92 Å². The number of primary amides is 1. The van der Waals surface area contributed by atoms with Crippen LogP contribution in [0.15, 0.2) is 36.4 Å². The second-order valence-corrected chi connectivity index (χ2v) is 4.77. The maximum atomic E-state index is 11.1. The van der Waals surface area contributed by atoms with E-state index in [9.17, 15) is 4.79 Å². The van der Waals surface area contributed by atoms with Crippen molar-refractivity contribution in [1.82, 2.24) is 10.2 Å². The van der Waals surface area contributed by atoms with E-state index in [1.807, 2.05) is 36.1 Å². The molecule has 0 fully saturated rings. The van der Waals surface area contributed by atoms with Crippen LogP contribution >= 0.6 is 0 Å². The first kappa shape index (κ1) is 14.9. The van der Waals surface area contributed by atoms with Crippen LogP contribution in [-0.2, 0) is 0 Å². The number of nitrogens with zero attached hydrogens (tertiary/aromatic N) is 3. The Balaban J connectivity index is 2.30.